The number of hydrogen-bond acceptors (Lipinski definition) is 5. The van der Waals surface area contributed by atoms with Crippen molar-refractivity contribution in [3.8, 4) is 0 Å². The minimum Gasteiger partial charge on any atom is -0.852 e. The Morgan fingerprint density at radius 2 is 0.393 bits per heavy atom. The van der Waals surface area contributed by atoms with Crippen molar-refractivity contribution in [2.45, 2.75) is 129 Å². The second-order valence-electron chi connectivity index (χ2n) is 14.2. The number of benzene rings is 5. The molecule has 5 nitrogen and oxygen atoms in total. The van der Waals surface area contributed by atoms with Gasteiger partial charge in [-0.15, -0.1) is 30.5 Å². The molecule has 0 spiro atoms. The molecular formula is C50H65O5V. The van der Waals surface area contributed by atoms with E-state index in [-0.39, 0.29) is 18.6 Å². The van der Waals surface area contributed by atoms with Crippen LogP contribution >= 0.6 is 0 Å². The summed E-state index contributed by atoms with van der Waals surface area (Å²) < 4.78 is 0. The van der Waals surface area contributed by atoms with Gasteiger partial charge in [0.25, 0.3) is 0 Å². The Balaban J connectivity index is 0.000000672. The molecule has 0 saturated heterocycles. The van der Waals surface area contributed by atoms with Crippen molar-refractivity contribution in [1.29, 1.82) is 0 Å². The van der Waals surface area contributed by atoms with E-state index in [1.807, 2.05) is 91.0 Å². The van der Waals surface area contributed by atoms with E-state index in [4.69, 9.17) is 0 Å². The molecule has 0 heterocycles. The zero-order valence-corrected chi connectivity index (χ0v) is 35.8. The molecule has 0 amide bonds. The molecule has 300 valence electrons. The van der Waals surface area contributed by atoms with Crippen molar-refractivity contribution in [2.24, 2.45) is 0 Å². The van der Waals surface area contributed by atoms with Crippen molar-refractivity contribution in [1.82, 2.24) is 0 Å². The van der Waals surface area contributed by atoms with Gasteiger partial charge in [-0.3, -0.25) is 0 Å². The molecule has 0 N–H and O–H groups in total. The van der Waals surface area contributed by atoms with Crippen molar-refractivity contribution < 1.29 is 44.1 Å². The average molecular weight is 797 g/mol. The second-order valence-corrected chi connectivity index (χ2v) is 14.2. The van der Waals surface area contributed by atoms with Crippen LogP contribution in [0.2, 0.25) is 0 Å². The third kappa shape index (κ3) is 32.7. The molecule has 0 aliphatic heterocycles. The maximum atomic E-state index is 10.7. The van der Waals surface area contributed by atoms with E-state index in [0.29, 0.717) is 0 Å². The fourth-order valence-corrected chi connectivity index (χ4v) is 5.07. The molecule has 0 aliphatic rings. The first-order valence-electron chi connectivity index (χ1n) is 19.9. The molecule has 0 radical (unpaired) electrons. The van der Waals surface area contributed by atoms with Crippen LogP contribution in [0, 0.1) is 0 Å². The summed E-state index contributed by atoms with van der Waals surface area (Å²) in [5, 5.41) is 53.5. The SMILES string of the molecule is CC([O-])CCc1ccccc1.CC([O-])CCc1ccccc1.CC([O-])CCc1ccccc1.CC([O-])CCc1ccccc1.CC([O-])CCc1ccccc1.[V+5]. The van der Waals surface area contributed by atoms with Crippen molar-refractivity contribution in [3.63, 3.8) is 0 Å². The Hall–Kier alpha value is -3.52. The molecule has 5 rings (SSSR count). The van der Waals surface area contributed by atoms with Gasteiger partial charge in [-0.1, -0.05) is 218 Å². The molecule has 0 saturated carbocycles. The fraction of sp³-hybridized carbons (Fsp3) is 0.400. The molecule has 6 heteroatoms. The van der Waals surface area contributed by atoms with Gasteiger partial charge < -0.3 is 25.5 Å². The summed E-state index contributed by atoms with van der Waals surface area (Å²) >= 11 is 0. The van der Waals surface area contributed by atoms with E-state index < -0.39 is 30.5 Å². The van der Waals surface area contributed by atoms with Gasteiger partial charge >= 0.3 is 18.6 Å². The summed E-state index contributed by atoms with van der Waals surface area (Å²) in [6.45, 7) is 8.56. The third-order valence-corrected chi connectivity index (χ3v) is 8.41. The maximum absolute atomic E-state index is 10.7. The molecular weight excluding hydrogens is 731 g/mol. The van der Waals surface area contributed by atoms with Crippen LogP contribution in [-0.4, -0.2) is 30.5 Å². The van der Waals surface area contributed by atoms with Crippen molar-refractivity contribution in [3.05, 3.63) is 179 Å². The van der Waals surface area contributed by atoms with E-state index >= 15 is 0 Å². The van der Waals surface area contributed by atoms with Crippen LogP contribution in [-0.2, 0) is 50.7 Å². The smallest absolute Gasteiger partial charge is 0.852 e. The summed E-state index contributed by atoms with van der Waals surface area (Å²) in [5.74, 6) is 0. The minimum atomic E-state index is -0.435. The zero-order valence-electron chi connectivity index (χ0n) is 34.4. The molecule has 5 aromatic rings. The Labute approximate surface area is 351 Å². The molecule has 56 heavy (non-hydrogen) atoms. The van der Waals surface area contributed by atoms with Gasteiger partial charge in [-0.2, -0.15) is 0 Å². The summed E-state index contributed by atoms with van der Waals surface area (Å²) in [7, 11) is 0. The normalized spacial score (nSPS) is 12.7. The molecule has 0 bridgehead atoms. The predicted octanol–water partition coefficient (Wildman–Crippen LogP) is 6.84. The van der Waals surface area contributed by atoms with Gasteiger partial charge in [0.1, 0.15) is 0 Å². The summed E-state index contributed by atoms with van der Waals surface area (Å²) in [4.78, 5) is 0. The van der Waals surface area contributed by atoms with Crippen LogP contribution in [0.25, 0.3) is 0 Å². The van der Waals surface area contributed by atoms with E-state index in [0.717, 1.165) is 64.2 Å². The predicted molar refractivity (Wildman–Crippen MR) is 221 cm³/mol. The van der Waals surface area contributed by atoms with E-state index in [1.54, 1.807) is 34.6 Å². The van der Waals surface area contributed by atoms with E-state index in [2.05, 4.69) is 60.7 Å². The van der Waals surface area contributed by atoms with Gasteiger partial charge in [0, 0.05) is 0 Å². The zero-order chi connectivity index (χ0) is 40.5. The van der Waals surface area contributed by atoms with E-state index in [1.165, 1.54) is 27.8 Å². The standard InChI is InChI=1S/5C10H13O.V/c5*1-9(11)7-8-10-5-3-2-4-6-10;/h5*2-6,9H,7-8H2,1H3;/q5*-1;+5. The molecule has 5 unspecified atom stereocenters. The Bertz CT molecular complexity index is 1240. The van der Waals surface area contributed by atoms with Crippen LogP contribution < -0.4 is 25.5 Å². The summed E-state index contributed by atoms with van der Waals surface area (Å²) in [6.07, 6.45) is 6.07. The molecule has 5 atom stereocenters. The Morgan fingerprint density at radius 3 is 0.500 bits per heavy atom. The van der Waals surface area contributed by atoms with Gasteiger partial charge in [0.15, 0.2) is 0 Å². The molecule has 0 aliphatic carbocycles. The summed E-state index contributed by atoms with van der Waals surface area (Å²) in [6, 6.07) is 50.6. The van der Waals surface area contributed by atoms with Gasteiger partial charge in [-0.25, -0.2) is 0 Å². The number of aryl methyl sites for hydroxylation is 5. The molecule has 0 fully saturated rings. The first kappa shape index (κ1) is 52.5. The molecule has 0 aromatic heterocycles. The monoisotopic (exact) mass is 796 g/mol. The average Bonchev–Trinajstić information content (AvgIpc) is 3.20. The Morgan fingerprint density at radius 1 is 0.268 bits per heavy atom. The first-order valence-corrected chi connectivity index (χ1v) is 19.9. The maximum Gasteiger partial charge on any atom is 5.00 e. The van der Waals surface area contributed by atoms with Gasteiger partial charge in [0.05, 0.1) is 0 Å². The van der Waals surface area contributed by atoms with Crippen LogP contribution in [0.15, 0.2) is 152 Å². The van der Waals surface area contributed by atoms with E-state index in [9.17, 15) is 25.5 Å². The first-order chi connectivity index (χ1) is 26.4. The van der Waals surface area contributed by atoms with Gasteiger partial charge in [0.2, 0.25) is 0 Å². The third-order valence-electron chi connectivity index (χ3n) is 8.41. The largest absolute Gasteiger partial charge is 5.00 e. The van der Waals surface area contributed by atoms with Crippen LogP contribution in [0.3, 0.4) is 0 Å². The van der Waals surface area contributed by atoms with Crippen LogP contribution in [0.4, 0.5) is 0 Å². The van der Waals surface area contributed by atoms with Crippen molar-refractivity contribution >= 4 is 0 Å². The van der Waals surface area contributed by atoms with Crippen LogP contribution in [0.1, 0.15) is 94.5 Å². The molecule has 5 aromatic carbocycles. The topological polar surface area (TPSA) is 115 Å². The Kier molecular flexibility index (Phi) is 32.5. The fourth-order valence-electron chi connectivity index (χ4n) is 5.07. The van der Waals surface area contributed by atoms with Crippen molar-refractivity contribution in [2.75, 3.05) is 0 Å². The minimum absolute atomic E-state index is 0. The second kappa shape index (κ2) is 34.7. The quantitative estimate of drug-likeness (QED) is 0.115. The number of rotatable bonds is 15. The summed E-state index contributed by atoms with van der Waals surface area (Å²) in [5.41, 5.74) is 6.30. The van der Waals surface area contributed by atoms with Crippen LogP contribution in [0.5, 0.6) is 0 Å². The number of hydrogen-bond donors (Lipinski definition) is 0. The van der Waals surface area contributed by atoms with Gasteiger partial charge in [-0.05, 0) is 59.9 Å².